The molecule has 0 saturated carbocycles. The zero-order valence-corrected chi connectivity index (χ0v) is 27.2. The summed E-state index contributed by atoms with van der Waals surface area (Å²) in [6.07, 6.45) is 1.87. The number of para-hydroxylation sites is 1. The van der Waals surface area contributed by atoms with Crippen LogP contribution >= 0.6 is 11.3 Å². The number of nitrogens with zero attached hydrogens (tertiary/aromatic N) is 2. The quantitative estimate of drug-likeness (QED) is 0.187. The average Bonchev–Trinajstić information content (AvgIpc) is 3.74. The predicted molar refractivity (Wildman–Crippen MR) is 207 cm³/mol. The Hall–Kier alpha value is -6.23. The van der Waals surface area contributed by atoms with Crippen molar-refractivity contribution in [2.24, 2.45) is 0 Å². The molecule has 49 heavy (non-hydrogen) atoms. The third kappa shape index (κ3) is 4.68. The summed E-state index contributed by atoms with van der Waals surface area (Å²) in [5.74, 6) is 0. The smallest absolute Gasteiger partial charge is 0.135 e. The normalized spacial score (nSPS) is 11.7. The summed E-state index contributed by atoms with van der Waals surface area (Å²) >= 11 is 1.75. The maximum absolute atomic E-state index is 6.20. The van der Waals surface area contributed by atoms with E-state index >= 15 is 0 Å². The van der Waals surface area contributed by atoms with Crippen molar-refractivity contribution in [3.8, 4) is 22.3 Å². The number of hydrogen-bond acceptors (Lipinski definition) is 4. The van der Waals surface area contributed by atoms with Gasteiger partial charge < -0.3 is 9.32 Å². The minimum absolute atomic E-state index is 0.887. The van der Waals surface area contributed by atoms with E-state index in [-0.39, 0.29) is 0 Å². The van der Waals surface area contributed by atoms with Crippen LogP contribution in [0.4, 0.5) is 17.1 Å². The number of rotatable bonds is 5. The molecular weight excluding hydrogens is 617 g/mol. The Morgan fingerprint density at radius 1 is 0.469 bits per heavy atom. The largest absolute Gasteiger partial charge is 0.456 e. The van der Waals surface area contributed by atoms with Gasteiger partial charge in [-0.1, -0.05) is 91.0 Å². The molecule has 0 N–H and O–H groups in total. The molecule has 7 aromatic carbocycles. The third-order valence-electron chi connectivity index (χ3n) is 9.54. The number of furan rings is 1. The molecule has 0 aliphatic heterocycles. The molecule has 3 heterocycles. The minimum Gasteiger partial charge on any atom is -0.456 e. The molecule has 3 aromatic heterocycles. The first-order chi connectivity index (χ1) is 24.3. The van der Waals surface area contributed by atoms with E-state index < -0.39 is 0 Å². The summed E-state index contributed by atoms with van der Waals surface area (Å²) in [5, 5.41) is 7.19. The minimum atomic E-state index is 0.887. The monoisotopic (exact) mass is 644 g/mol. The van der Waals surface area contributed by atoms with Crippen LogP contribution < -0.4 is 4.90 Å². The highest BCUT2D eigenvalue weighted by Gasteiger charge is 2.17. The van der Waals surface area contributed by atoms with Crippen molar-refractivity contribution in [2.45, 2.75) is 0 Å². The van der Waals surface area contributed by atoms with Crippen molar-refractivity contribution in [1.82, 2.24) is 4.98 Å². The fraction of sp³-hybridized carbons (Fsp3) is 0. The predicted octanol–water partition coefficient (Wildman–Crippen LogP) is 13.3. The standard InChI is InChI=1S/C45H28N2OS/c1-2-8-32-27-33(15-14-29(32)7-1)30-16-20-34(21-17-30)47(36-24-25-42-40(28-36)38-9-3-4-12-41(38)48-42)35-22-18-31(19-23-35)37-10-5-13-43-44(37)39-11-6-26-46-45(39)49-43/h1-28H. The molecular formula is C45H28N2OS. The number of pyridine rings is 1. The first-order valence-electron chi connectivity index (χ1n) is 16.4. The average molecular weight is 645 g/mol. The highest BCUT2D eigenvalue weighted by atomic mass is 32.1. The molecule has 3 nitrogen and oxygen atoms in total. The Morgan fingerprint density at radius 2 is 1.16 bits per heavy atom. The van der Waals surface area contributed by atoms with Crippen molar-refractivity contribution >= 4 is 81.4 Å². The molecule has 0 aliphatic rings. The SMILES string of the molecule is c1ccc2cc(-c3ccc(N(c4ccc(-c5cccc6sc7ncccc7c56)cc4)c4ccc5oc6ccccc6c5c4)cc3)ccc2c1. The van der Waals surface area contributed by atoms with E-state index in [0.717, 1.165) is 43.8 Å². The van der Waals surface area contributed by atoms with Crippen LogP contribution in [0.2, 0.25) is 0 Å². The van der Waals surface area contributed by atoms with Gasteiger partial charge in [0.15, 0.2) is 0 Å². The molecule has 0 spiro atoms. The molecule has 4 heteroatoms. The number of hydrogen-bond donors (Lipinski definition) is 0. The topological polar surface area (TPSA) is 29.3 Å². The molecule has 230 valence electrons. The van der Waals surface area contributed by atoms with E-state index in [4.69, 9.17) is 4.42 Å². The van der Waals surface area contributed by atoms with Crippen LogP contribution in [-0.2, 0) is 0 Å². The van der Waals surface area contributed by atoms with Crippen LogP contribution in [0.1, 0.15) is 0 Å². The fourth-order valence-electron chi connectivity index (χ4n) is 7.16. The Kier molecular flexibility index (Phi) is 6.36. The van der Waals surface area contributed by atoms with Crippen molar-refractivity contribution < 1.29 is 4.42 Å². The number of fused-ring (bicyclic) bond motifs is 7. The second-order valence-corrected chi connectivity index (χ2v) is 13.4. The molecule has 10 rings (SSSR count). The van der Waals surface area contributed by atoms with Gasteiger partial charge in [0.05, 0.1) is 0 Å². The molecule has 0 radical (unpaired) electrons. The highest BCUT2D eigenvalue weighted by Crippen LogP contribution is 2.42. The number of aromatic nitrogens is 1. The molecule has 0 unspecified atom stereocenters. The zero-order valence-electron chi connectivity index (χ0n) is 26.4. The lowest BCUT2D eigenvalue weighted by molar-refractivity contribution is 0.669. The van der Waals surface area contributed by atoms with Gasteiger partial charge in [0, 0.05) is 49.5 Å². The number of anilines is 3. The van der Waals surface area contributed by atoms with Gasteiger partial charge in [-0.15, -0.1) is 11.3 Å². The lowest BCUT2D eigenvalue weighted by Gasteiger charge is -2.26. The van der Waals surface area contributed by atoms with Crippen LogP contribution in [0.25, 0.3) is 75.3 Å². The van der Waals surface area contributed by atoms with Crippen LogP contribution in [0.3, 0.4) is 0 Å². The molecule has 0 aliphatic carbocycles. The second kappa shape index (κ2) is 11.2. The Morgan fingerprint density at radius 3 is 2.02 bits per heavy atom. The van der Waals surface area contributed by atoms with Gasteiger partial charge in [-0.2, -0.15) is 0 Å². The van der Waals surface area contributed by atoms with Gasteiger partial charge in [-0.3, -0.25) is 0 Å². The van der Waals surface area contributed by atoms with Crippen LogP contribution in [0.15, 0.2) is 174 Å². The van der Waals surface area contributed by atoms with E-state index in [2.05, 4.69) is 155 Å². The van der Waals surface area contributed by atoms with Crippen LogP contribution in [-0.4, -0.2) is 4.98 Å². The lowest BCUT2D eigenvalue weighted by atomic mass is 9.99. The third-order valence-corrected chi connectivity index (χ3v) is 10.6. The van der Waals surface area contributed by atoms with E-state index in [1.807, 2.05) is 24.4 Å². The molecule has 0 atom stereocenters. The maximum atomic E-state index is 6.20. The zero-order chi connectivity index (χ0) is 32.3. The highest BCUT2D eigenvalue weighted by molar-refractivity contribution is 7.25. The van der Waals surface area contributed by atoms with Crippen LogP contribution in [0.5, 0.6) is 0 Å². The van der Waals surface area contributed by atoms with Gasteiger partial charge in [-0.05, 0) is 106 Å². The summed E-state index contributed by atoms with van der Waals surface area (Å²) in [4.78, 5) is 8.04. The van der Waals surface area contributed by atoms with Crippen LogP contribution in [0, 0.1) is 0 Å². The Balaban J connectivity index is 1.09. The van der Waals surface area contributed by atoms with Crippen molar-refractivity contribution in [3.05, 3.63) is 170 Å². The maximum Gasteiger partial charge on any atom is 0.135 e. The fourth-order valence-corrected chi connectivity index (χ4v) is 8.23. The van der Waals surface area contributed by atoms with Gasteiger partial charge in [0.25, 0.3) is 0 Å². The Labute approximate surface area is 286 Å². The van der Waals surface area contributed by atoms with Crippen molar-refractivity contribution in [1.29, 1.82) is 0 Å². The number of benzene rings is 7. The molecule has 10 aromatic rings. The van der Waals surface area contributed by atoms with Crippen molar-refractivity contribution in [2.75, 3.05) is 4.90 Å². The van der Waals surface area contributed by atoms with E-state index in [1.165, 1.54) is 48.5 Å². The lowest BCUT2D eigenvalue weighted by Crippen LogP contribution is -2.09. The summed E-state index contributed by atoms with van der Waals surface area (Å²) in [6.45, 7) is 0. The van der Waals surface area contributed by atoms with E-state index in [0.29, 0.717) is 0 Å². The molecule has 0 bridgehead atoms. The molecule has 0 amide bonds. The molecule has 0 saturated heterocycles. The van der Waals surface area contributed by atoms with Crippen molar-refractivity contribution in [3.63, 3.8) is 0 Å². The van der Waals surface area contributed by atoms with Gasteiger partial charge in [0.1, 0.15) is 16.0 Å². The summed E-state index contributed by atoms with van der Waals surface area (Å²) in [6, 6.07) is 58.5. The van der Waals surface area contributed by atoms with Gasteiger partial charge >= 0.3 is 0 Å². The number of thiophene rings is 1. The summed E-state index contributed by atoms with van der Waals surface area (Å²) in [7, 11) is 0. The summed E-state index contributed by atoms with van der Waals surface area (Å²) in [5.41, 5.74) is 9.82. The van der Waals surface area contributed by atoms with Gasteiger partial charge in [0.2, 0.25) is 0 Å². The summed E-state index contributed by atoms with van der Waals surface area (Å²) < 4.78 is 7.45. The second-order valence-electron chi connectivity index (χ2n) is 12.4. The first-order valence-corrected chi connectivity index (χ1v) is 17.3. The van der Waals surface area contributed by atoms with Gasteiger partial charge in [-0.25, -0.2) is 4.98 Å². The Bertz CT molecular complexity index is 2830. The van der Waals surface area contributed by atoms with E-state index in [9.17, 15) is 0 Å². The first kappa shape index (κ1) is 27.8. The van der Waals surface area contributed by atoms with E-state index in [1.54, 1.807) is 11.3 Å². The molecule has 0 fully saturated rings.